The second-order valence-electron chi connectivity index (χ2n) is 6.22. The Hall–Kier alpha value is -2.38. The predicted octanol–water partition coefficient (Wildman–Crippen LogP) is 5.01. The molecule has 0 fully saturated rings. The van der Waals surface area contributed by atoms with Crippen LogP contribution in [0.1, 0.15) is 47.9 Å². The molecule has 6 nitrogen and oxygen atoms in total. The van der Waals surface area contributed by atoms with Gasteiger partial charge in [-0.05, 0) is 53.5 Å². The lowest BCUT2D eigenvalue weighted by atomic mass is 9.91. The van der Waals surface area contributed by atoms with Crippen molar-refractivity contribution in [1.29, 1.82) is 0 Å². The fourth-order valence-electron chi connectivity index (χ4n) is 3.22. The molecule has 0 aliphatic rings. The Bertz CT molecular complexity index is 1050. The second-order valence-corrected chi connectivity index (χ2v) is 7.55. The monoisotopic (exact) mass is 478 g/mol. The molecule has 0 aliphatic carbocycles. The lowest BCUT2D eigenvalue weighted by Gasteiger charge is -2.19. The van der Waals surface area contributed by atoms with E-state index in [0.29, 0.717) is 21.9 Å². The van der Waals surface area contributed by atoms with Gasteiger partial charge in [0.2, 0.25) is 0 Å². The number of carbonyl (C=O) groups is 2. The van der Waals surface area contributed by atoms with Gasteiger partial charge in [0.25, 0.3) is 0 Å². The van der Waals surface area contributed by atoms with Gasteiger partial charge in [0.15, 0.2) is 5.69 Å². The summed E-state index contributed by atoms with van der Waals surface area (Å²) >= 11 is 9.92. The van der Waals surface area contributed by atoms with E-state index in [0.717, 1.165) is 4.47 Å². The number of aromatic nitrogens is 2. The Kier molecular flexibility index (Phi) is 6.92. The normalized spacial score (nSPS) is 12.0. The average molecular weight is 480 g/mol. The SMILES string of the molecule is CCOC(=O)CC(c1ccccc1Cl)c1c(C(=O)OCC)nc2ccc(Br)cn12. The van der Waals surface area contributed by atoms with Crippen LogP contribution in [0.25, 0.3) is 5.65 Å². The Morgan fingerprint density at radius 3 is 2.55 bits per heavy atom. The zero-order valence-electron chi connectivity index (χ0n) is 16.0. The summed E-state index contributed by atoms with van der Waals surface area (Å²) < 4.78 is 13.0. The summed E-state index contributed by atoms with van der Waals surface area (Å²) in [5, 5.41) is 0.488. The van der Waals surface area contributed by atoms with Gasteiger partial charge < -0.3 is 13.9 Å². The highest BCUT2D eigenvalue weighted by Crippen LogP contribution is 2.36. The quantitative estimate of drug-likeness (QED) is 0.445. The van der Waals surface area contributed by atoms with Gasteiger partial charge in [0.05, 0.1) is 25.3 Å². The average Bonchev–Trinajstić information content (AvgIpc) is 3.06. The lowest BCUT2D eigenvalue weighted by Crippen LogP contribution is -2.17. The van der Waals surface area contributed by atoms with Gasteiger partial charge in [-0.1, -0.05) is 29.8 Å². The van der Waals surface area contributed by atoms with Gasteiger partial charge in [-0.25, -0.2) is 9.78 Å². The van der Waals surface area contributed by atoms with E-state index in [9.17, 15) is 9.59 Å². The zero-order chi connectivity index (χ0) is 21.0. The first-order chi connectivity index (χ1) is 14.0. The van der Waals surface area contributed by atoms with Crippen LogP contribution in [0.5, 0.6) is 0 Å². The lowest BCUT2D eigenvalue weighted by molar-refractivity contribution is -0.143. The van der Waals surface area contributed by atoms with E-state index < -0.39 is 17.9 Å². The minimum absolute atomic E-state index is 0.00425. The van der Waals surface area contributed by atoms with Crippen molar-refractivity contribution in [3.8, 4) is 0 Å². The molecule has 1 unspecified atom stereocenters. The molecule has 2 heterocycles. The topological polar surface area (TPSA) is 69.9 Å². The number of carbonyl (C=O) groups excluding carboxylic acids is 2. The van der Waals surface area contributed by atoms with Crippen molar-refractivity contribution in [3.63, 3.8) is 0 Å². The Balaban J connectivity index is 2.26. The first-order valence-corrected chi connectivity index (χ1v) is 10.4. The molecule has 0 spiro atoms. The summed E-state index contributed by atoms with van der Waals surface area (Å²) in [6.45, 7) is 3.95. The molecule has 3 aromatic rings. The largest absolute Gasteiger partial charge is 0.466 e. The van der Waals surface area contributed by atoms with E-state index >= 15 is 0 Å². The van der Waals surface area contributed by atoms with Crippen LogP contribution in [0.3, 0.4) is 0 Å². The van der Waals surface area contributed by atoms with Crippen LogP contribution in [0, 0.1) is 0 Å². The molecule has 0 amide bonds. The highest BCUT2D eigenvalue weighted by molar-refractivity contribution is 9.10. The van der Waals surface area contributed by atoms with Crippen molar-refractivity contribution < 1.29 is 19.1 Å². The molecule has 0 saturated heterocycles. The zero-order valence-corrected chi connectivity index (χ0v) is 18.4. The molecule has 8 heteroatoms. The van der Waals surface area contributed by atoms with Gasteiger partial charge in [-0.2, -0.15) is 0 Å². The van der Waals surface area contributed by atoms with Crippen LogP contribution in [0.4, 0.5) is 0 Å². The molecule has 1 aromatic carbocycles. The molecule has 0 bridgehead atoms. The molecule has 29 heavy (non-hydrogen) atoms. The van der Waals surface area contributed by atoms with E-state index in [-0.39, 0.29) is 25.3 Å². The van der Waals surface area contributed by atoms with Crippen LogP contribution in [0.15, 0.2) is 47.1 Å². The number of nitrogens with zero attached hydrogens (tertiary/aromatic N) is 2. The van der Waals surface area contributed by atoms with Crippen LogP contribution < -0.4 is 0 Å². The molecular formula is C21H20BrClN2O4. The number of esters is 2. The number of fused-ring (bicyclic) bond motifs is 1. The predicted molar refractivity (Wildman–Crippen MR) is 113 cm³/mol. The summed E-state index contributed by atoms with van der Waals surface area (Å²) in [7, 11) is 0. The fraction of sp³-hybridized carbons (Fsp3) is 0.286. The van der Waals surface area contributed by atoms with Crippen molar-refractivity contribution >= 4 is 45.1 Å². The second kappa shape index (κ2) is 9.41. The fourth-order valence-corrected chi connectivity index (χ4v) is 3.82. The maximum Gasteiger partial charge on any atom is 0.358 e. The molecule has 0 saturated carbocycles. The minimum Gasteiger partial charge on any atom is -0.466 e. The summed E-state index contributed by atoms with van der Waals surface area (Å²) in [4.78, 5) is 29.6. The molecule has 1 atom stereocenters. The number of hydrogen-bond acceptors (Lipinski definition) is 5. The maximum atomic E-state index is 12.7. The number of pyridine rings is 1. The molecule has 0 aliphatic heterocycles. The van der Waals surface area contributed by atoms with Crippen molar-refractivity contribution in [1.82, 2.24) is 9.38 Å². The van der Waals surface area contributed by atoms with Crippen molar-refractivity contribution in [2.45, 2.75) is 26.2 Å². The Morgan fingerprint density at radius 2 is 1.86 bits per heavy atom. The first-order valence-electron chi connectivity index (χ1n) is 9.20. The van der Waals surface area contributed by atoms with Gasteiger partial charge >= 0.3 is 11.9 Å². The highest BCUT2D eigenvalue weighted by Gasteiger charge is 2.31. The smallest absolute Gasteiger partial charge is 0.358 e. The van der Waals surface area contributed by atoms with Crippen molar-refractivity contribution in [2.24, 2.45) is 0 Å². The third-order valence-electron chi connectivity index (χ3n) is 4.37. The number of benzene rings is 1. The summed E-state index contributed by atoms with van der Waals surface area (Å²) in [6, 6.07) is 10.8. The van der Waals surface area contributed by atoms with E-state index in [1.165, 1.54) is 0 Å². The van der Waals surface area contributed by atoms with Crippen LogP contribution in [-0.4, -0.2) is 34.5 Å². The number of imidazole rings is 1. The molecule has 0 radical (unpaired) electrons. The van der Waals surface area contributed by atoms with Crippen molar-refractivity contribution in [3.05, 3.63) is 69.0 Å². The maximum absolute atomic E-state index is 12.7. The van der Waals surface area contributed by atoms with E-state index in [1.54, 1.807) is 36.6 Å². The van der Waals surface area contributed by atoms with Gasteiger partial charge in [0, 0.05) is 21.6 Å². The van der Waals surface area contributed by atoms with Gasteiger partial charge in [0.1, 0.15) is 5.65 Å². The molecule has 152 valence electrons. The summed E-state index contributed by atoms with van der Waals surface area (Å²) in [5.41, 5.74) is 1.95. The van der Waals surface area contributed by atoms with Crippen LogP contribution in [-0.2, 0) is 14.3 Å². The summed E-state index contributed by atoms with van der Waals surface area (Å²) in [6.07, 6.45) is 1.81. The summed E-state index contributed by atoms with van der Waals surface area (Å²) in [5.74, 6) is -1.49. The minimum atomic E-state index is -0.553. The highest BCUT2D eigenvalue weighted by atomic mass is 79.9. The van der Waals surface area contributed by atoms with Crippen molar-refractivity contribution in [2.75, 3.05) is 13.2 Å². The van der Waals surface area contributed by atoms with Gasteiger partial charge in [-0.15, -0.1) is 0 Å². The Morgan fingerprint density at radius 1 is 1.14 bits per heavy atom. The molecule has 3 rings (SSSR count). The van der Waals surface area contributed by atoms with E-state index in [4.69, 9.17) is 21.1 Å². The number of hydrogen-bond donors (Lipinski definition) is 0. The van der Waals surface area contributed by atoms with Crippen LogP contribution >= 0.6 is 27.5 Å². The third kappa shape index (κ3) is 4.62. The standard InChI is InChI=1S/C21H20BrClN2O4/c1-3-28-18(26)11-15(14-7-5-6-8-16(14)23)20-19(21(27)29-4-2)24-17-10-9-13(22)12-25(17)20/h5-10,12,15H,3-4,11H2,1-2H3. The van der Waals surface area contributed by atoms with Crippen LogP contribution in [0.2, 0.25) is 5.02 Å². The molecule has 0 N–H and O–H groups in total. The van der Waals surface area contributed by atoms with Gasteiger partial charge in [-0.3, -0.25) is 4.79 Å². The number of halogens is 2. The van der Waals surface area contributed by atoms with E-state index in [1.807, 2.05) is 24.3 Å². The number of ether oxygens (including phenoxy) is 2. The first kappa shape index (κ1) is 21.3. The number of rotatable bonds is 7. The molecule has 2 aromatic heterocycles. The Labute approximate surface area is 181 Å². The molecular weight excluding hydrogens is 460 g/mol. The third-order valence-corrected chi connectivity index (χ3v) is 5.19. The van der Waals surface area contributed by atoms with E-state index in [2.05, 4.69) is 20.9 Å².